The number of rotatable bonds is 7. The van der Waals surface area contributed by atoms with Gasteiger partial charge in [-0.2, -0.15) is 13.7 Å². The van der Waals surface area contributed by atoms with Crippen LogP contribution in [-0.4, -0.2) is 27.8 Å². The number of hydrogen-bond donors (Lipinski definition) is 2. The lowest BCUT2D eigenvalue weighted by Crippen LogP contribution is -2.28. The van der Waals surface area contributed by atoms with Crippen molar-refractivity contribution in [2.24, 2.45) is 0 Å². The zero-order valence-corrected chi connectivity index (χ0v) is 18.6. The van der Waals surface area contributed by atoms with E-state index >= 15 is 0 Å². The van der Waals surface area contributed by atoms with E-state index < -0.39 is 10.3 Å². The Labute approximate surface area is 195 Å². The predicted octanol–water partition coefficient (Wildman–Crippen LogP) is 4.15. The summed E-state index contributed by atoms with van der Waals surface area (Å²) in [6, 6.07) is 22.0. The van der Waals surface area contributed by atoms with Crippen LogP contribution in [0.2, 0.25) is 5.02 Å². The first-order chi connectivity index (χ1) is 15.8. The number of nitrogens with zero attached hydrogens (tertiary/aromatic N) is 5. The topological polar surface area (TPSA) is 124 Å². The molecule has 0 atom stereocenters. The van der Waals surface area contributed by atoms with Crippen molar-refractivity contribution in [2.75, 3.05) is 9.73 Å². The van der Waals surface area contributed by atoms with Crippen LogP contribution in [0.3, 0.4) is 0 Å². The normalized spacial score (nSPS) is 11.1. The van der Waals surface area contributed by atoms with Gasteiger partial charge in [0, 0.05) is 5.56 Å². The van der Waals surface area contributed by atoms with E-state index in [1.54, 1.807) is 22.9 Å². The lowest BCUT2D eigenvalue weighted by Gasteiger charge is -2.26. The Bertz CT molecular complexity index is 1420. The maximum Gasteiger partial charge on any atom is 0.357 e. The molecule has 0 saturated carbocycles. The number of benzene rings is 3. The summed E-state index contributed by atoms with van der Waals surface area (Å²) < 4.78 is 34.8. The molecule has 33 heavy (non-hydrogen) atoms. The highest BCUT2D eigenvalue weighted by molar-refractivity contribution is 7.87. The molecule has 0 aliphatic rings. The number of nitrogens with one attached hydrogen (secondary N) is 1. The molecule has 3 aromatic carbocycles. The maximum atomic E-state index is 11.1. The molecule has 166 valence electrons. The molecule has 2 N–H and O–H groups in total. The molecule has 4 rings (SSSR count). The van der Waals surface area contributed by atoms with E-state index in [1.807, 2.05) is 52.2 Å². The number of halogens is 1. The lowest BCUT2D eigenvalue weighted by molar-refractivity contribution is 0.489. The molecular weight excluding hydrogens is 464 g/mol. The van der Waals surface area contributed by atoms with Gasteiger partial charge in [0.1, 0.15) is 12.7 Å². The Hall–Kier alpha value is -3.91. The van der Waals surface area contributed by atoms with Crippen LogP contribution >= 0.6 is 11.6 Å². The molecule has 0 saturated heterocycles. The minimum Gasteiger partial charge on any atom is -0.274 e. The van der Waals surface area contributed by atoms with Crippen LogP contribution < -0.4 is 9.73 Å². The Morgan fingerprint density at radius 2 is 1.79 bits per heavy atom. The second kappa shape index (κ2) is 9.30. The van der Waals surface area contributed by atoms with Crippen LogP contribution in [-0.2, 0) is 16.8 Å². The van der Waals surface area contributed by atoms with Gasteiger partial charge in [-0.3, -0.25) is 14.3 Å². The fraction of sp³-hybridized carbons (Fsp3) is 0.0455. The minimum atomic E-state index is -4.44. The molecular formula is C22H17ClN6O3S. The highest BCUT2D eigenvalue weighted by Crippen LogP contribution is 2.30. The fourth-order valence-corrected chi connectivity index (χ4v) is 4.09. The summed E-state index contributed by atoms with van der Waals surface area (Å²) in [6.07, 6.45) is 3.08. The van der Waals surface area contributed by atoms with E-state index in [-0.39, 0.29) is 10.7 Å². The van der Waals surface area contributed by atoms with Crippen molar-refractivity contribution in [3.05, 3.63) is 95.5 Å². The van der Waals surface area contributed by atoms with Crippen LogP contribution in [0.15, 0.2) is 79.4 Å². The second-order valence-corrected chi connectivity index (χ2v) is 8.56. The number of aromatic nitrogens is 3. The van der Waals surface area contributed by atoms with Crippen molar-refractivity contribution in [1.29, 1.82) is 5.26 Å². The molecule has 0 amide bonds. The molecule has 11 heteroatoms. The fourth-order valence-electron chi connectivity index (χ4n) is 3.32. The smallest absolute Gasteiger partial charge is 0.274 e. The Kier molecular flexibility index (Phi) is 6.28. The van der Waals surface area contributed by atoms with Gasteiger partial charge in [-0.25, -0.2) is 4.68 Å². The van der Waals surface area contributed by atoms with E-state index in [9.17, 15) is 13.7 Å². The van der Waals surface area contributed by atoms with Crippen LogP contribution in [0.4, 0.5) is 11.4 Å². The van der Waals surface area contributed by atoms with Crippen LogP contribution in [0.1, 0.15) is 11.1 Å². The van der Waals surface area contributed by atoms with E-state index in [0.29, 0.717) is 12.1 Å². The van der Waals surface area contributed by atoms with Gasteiger partial charge in [-0.15, -0.1) is 10.2 Å². The summed E-state index contributed by atoms with van der Waals surface area (Å²) in [7, 11) is -4.44. The predicted molar refractivity (Wildman–Crippen MR) is 125 cm³/mol. The van der Waals surface area contributed by atoms with Gasteiger partial charge in [0.15, 0.2) is 0 Å². The van der Waals surface area contributed by atoms with Crippen molar-refractivity contribution >= 4 is 33.3 Å². The molecule has 0 radical (unpaired) electrons. The monoisotopic (exact) mass is 480 g/mol. The summed E-state index contributed by atoms with van der Waals surface area (Å²) in [5.74, 6) is 0. The van der Waals surface area contributed by atoms with Gasteiger partial charge < -0.3 is 0 Å². The molecule has 1 aromatic heterocycles. The molecule has 0 unspecified atom stereocenters. The summed E-state index contributed by atoms with van der Waals surface area (Å²) in [5.41, 5.74) is 3.80. The van der Waals surface area contributed by atoms with Gasteiger partial charge in [0.2, 0.25) is 0 Å². The lowest BCUT2D eigenvalue weighted by atomic mass is 9.99. The highest BCUT2D eigenvalue weighted by atomic mass is 35.5. The molecule has 0 bridgehead atoms. The maximum absolute atomic E-state index is 11.1. The third-order valence-electron chi connectivity index (χ3n) is 4.80. The van der Waals surface area contributed by atoms with Gasteiger partial charge in [-0.05, 0) is 41.5 Å². The van der Waals surface area contributed by atoms with Crippen LogP contribution in [0.25, 0.3) is 11.1 Å². The van der Waals surface area contributed by atoms with Gasteiger partial charge in [0.05, 0.1) is 34.6 Å². The largest absolute Gasteiger partial charge is 0.357 e. The minimum absolute atomic E-state index is 0.0588. The first kappa shape index (κ1) is 22.3. The molecule has 4 aromatic rings. The third-order valence-corrected chi connectivity index (χ3v) is 5.59. The van der Waals surface area contributed by atoms with Gasteiger partial charge in [-0.1, -0.05) is 48.0 Å². The first-order valence-corrected chi connectivity index (χ1v) is 11.4. The van der Waals surface area contributed by atoms with Crippen molar-refractivity contribution in [3.63, 3.8) is 0 Å². The molecule has 9 nitrogen and oxygen atoms in total. The third kappa shape index (κ3) is 5.30. The zero-order chi connectivity index (χ0) is 23.4. The number of anilines is 2. The Balaban J connectivity index is 1.73. The summed E-state index contributed by atoms with van der Waals surface area (Å²) in [6.45, 7) is 0.323. The molecule has 0 aliphatic carbocycles. The van der Waals surface area contributed by atoms with Crippen molar-refractivity contribution in [2.45, 2.75) is 6.54 Å². The van der Waals surface area contributed by atoms with Crippen LogP contribution in [0, 0.1) is 11.3 Å². The zero-order valence-electron chi connectivity index (χ0n) is 17.0. The molecule has 1 heterocycles. The molecule has 0 spiro atoms. The highest BCUT2D eigenvalue weighted by Gasteiger charge is 2.15. The van der Waals surface area contributed by atoms with Crippen LogP contribution in [0.5, 0.6) is 0 Å². The number of nitriles is 1. The van der Waals surface area contributed by atoms with Gasteiger partial charge in [0.25, 0.3) is 0 Å². The Morgan fingerprint density at radius 3 is 2.42 bits per heavy atom. The summed E-state index contributed by atoms with van der Waals surface area (Å²) in [4.78, 5) is 0. The first-order valence-electron chi connectivity index (χ1n) is 9.60. The second-order valence-electron chi connectivity index (χ2n) is 7.00. The Morgan fingerprint density at radius 1 is 1.06 bits per heavy atom. The standard InChI is InChI=1S/C22H17ClN6O3S/c23-21-10-16(6-9-22(21)27-33(30,31)32)13-29(28-14-25-26-15-28)19-8-7-18(12-24)20(11-19)17-4-2-1-3-5-17/h1-11,14-15,27H,13H2,(H,30,31,32). The molecule has 0 fully saturated rings. The quantitative estimate of drug-likeness (QED) is 0.380. The van der Waals surface area contributed by atoms with E-state index in [4.69, 9.17) is 16.2 Å². The van der Waals surface area contributed by atoms with Crippen molar-refractivity contribution in [1.82, 2.24) is 14.9 Å². The SMILES string of the molecule is N#Cc1ccc(N(Cc2ccc(NS(=O)(=O)O)c(Cl)c2)n2cnnc2)cc1-c1ccccc1. The average molecular weight is 481 g/mol. The van der Waals surface area contributed by atoms with E-state index in [0.717, 1.165) is 22.4 Å². The molecule has 0 aliphatic heterocycles. The van der Waals surface area contributed by atoms with Gasteiger partial charge >= 0.3 is 10.3 Å². The van der Waals surface area contributed by atoms with E-state index in [1.165, 1.54) is 18.7 Å². The van der Waals surface area contributed by atoms with E-state index in [2.05, 4.69) is 16.3 Å². The number of hydrogen-bond acceptors (Lipinski definition) is 6. The summed E-state index contributed by atoms with van der Waals surface area (Å²) in [5, 5.41) is 19.4. The summed E-state index contributed by atoms with van der Waals surface area (Å²) >= 11 is 6.21. The van der Waals surface area contributed by atoms with Crippen molar-refractivity contribution in [3.8, 4) is 17.2 Å². The average Bonchev–Trinajstić information content (AvgIpc) is 3.33. The van der Waals surface area contributed by atoms with Crippen molar-refractivity contribution < 1.29 is 13.0 Å².